The molecule has 2 amide bonds. The molecule has 8 heteroatoms. The van der Waals surface area contributed by atoms with Crippen LogP contribution in [0.3, 0.4) is 0 Å². The highest BCUT2D eigenvalue weighted by Gasteiger charge is 2.08. The number of halogens is 2. The van der Waals surface area contributed by atoms with Gasteiger partial charge in [0.05, 0.1) is 18.0 Å². The first-order valence-corrected chi connectivity index (χ1v) is 6.04. The monoisotopic (exact) mass is 276 g/mol. The molecule has 1 rings (SSSR count). The number of carbonyl (C=O) groups excluding carboxylic acids is 1. The molecule has 108 valence electrons. The van der Waals surface area contributed by atoms with E-state index in [1.54, 1.807) is 0 Å². The Morgan fingerprint density at radius 3 is 2.95 bits per heavy atom. The number of rotatable bonds is 7. The molecule has 0 bridgehead atoms. The zero-order valence-electron chi connectivity index (χ0n) is 10.6. The van der Waals surface area contributed by atoms with E-state index < -0.39 is 25.1 Å². The van der Waals surface area contributed by atoms with E-state index in [0.717, 1.165) is 4.68 Å². The third kappa shape index (κ3) is 6.14. The number of alkyl halides is 2. The summed E-state index contributed by atoms with van der Waals surface area (Å²) in [6.07, 6.45) is 0.791. The first-order chi connectivity index (χ1) is 9.01. The lowest BCUT2D eigenvalue weighted by atomic mass is 10.2. The zero-order valence-corrected chi connectivity index (χ0v) is 10.6. The van der Waals surface area contributed by atoms with E-state index in [1.807, 2.05) is 6.92 Å². The van der Waals surface area contributed by atoms with E-state index in [9.17, 15) is 18.7 Å². The maximum absolute atomic E-state index is 12.1. The quantitative estimate of drug-likeness (QED) is 0.705. The Bertz CT molecular complexity index is 398. The van der Waals surface area contributed by atoms with Crippen LogP contribution in [0.2, 0.25) is 0 Å². The van der Waals surface area contributed by atoms with E-state index in [1.165, 1.54) is 12.4 Å². The number of hydrogen-bond acceptors (Lipinski definition) is 3. The van der Waals surface area contributed by atoms with Crippen LogP contribution in [0.4, 0.5) is 19.3 Å². The molecule has 0 aliphatic carbocycles. The Morgan fingerprint density at radius 1 is 1.58 bits per heavy atom. The van der Waals surface area contributed by atoms with Crippen molar-refractivity contribution in [2.24, 2.45) is 0 Å². The third-order valence-electron chi connectivity index (χ3n) is 2.45. The third-order valence-corrected chi connectivity index (χ3v) is 2.45. The lowest BCUT2D eigenvalue weighted by molar-refractivity contribution is 0.122. The maximum Gasteiger partial charge on any atom is 0.319 e. The van der Waals surface area contributed by atoms with Crippen molar-refractivity contribution in [2.45, 2.75) is 38.8 Å². The number of carbonyl (C=O) groups is 1. The van der Waals surface area contributed by atoms with E-state index >= 15 is 0 Å². The molecule has 0 spiro atoms. The normalized spacial score (nSPS) is 12.5. The van der Waals surface area contributed by atoms with E-state index in [4.69, 9.17) is 0 Å². The van der Waals surface area contributed by atoms with Gasteiger partial charge in [0.1, 0.15) is 6.54 Å². The molecule has 1 atom stereocenters. The van der Waals surface area contributed by atoms with Gasteiger partial charge in [0.2, 0.25) is 0 Å². The Kier molecular flexibility index (Phi) is 6.20. The smallest absolute Gasteiger partial charge is 0.319 e. The minimum Gasteiger partial charge on any atom is -0.393 e. The molecule has 1 heterocycles. The highest BCUT2D eigenvalue weighted by atomic mass is 19.3. The Labute approximate surface area is 109 Å². The van der Waals surface area contributed by atoms with Crippen LogP contribution in [0.5, 0.6) is 0 Å². The average Bonchev–Trinajstić information content (AvgIpc) is 2.75. The van der Waals surface area contributed by atoms with Gasteiger partial charge in [-0.3, -0.25) is 4.68 Å². The topological polar surface area (TPSA) is 79.2 Å². The summed E-state index contributed by atoms with van der Waals surface area (Å²) in [7, 11) is 0. The summed E-state index contributed by atoms with van der Waals surface area (Å²) in [5.74, 6) is 0. The van der Waals surface area contributed by atoms with Crippen LogP contribution in [0.1, 0.15) is 19.8 Å². The summed E-state index contributed by atoms with van der Waals surface area (Å²) in [6.45, 7) is 1.68. The molecule has 1 unspecified atom stereocenters. The summed E-state index contributed by atoms with van der Waals surface area (Å²) >= 11 is 0. The van der Waals surface area contributed by atoms with Gasteiger partial charge in [0, 0.05) is 12.7 Å². The van der Waals surface area contributed by atoms with Gasteiger partial charge in [-0.15, -0.1) is 0 Å². The number of aliphatic hydroxyl groups excluding tert-OH is 1. The maximum atomic E-state index is 12.1. The Hall–Kier alpha value is -1.70. The van der Waals surface area contributed by atoms with Crippen molar-refractivity contribution in [3.8, 4) is 0 Å². The summed E-state index contributed by atoms with van der Waals surface area (Å²) in [4.78, 5) is 11.4. The second-order valence-electron chi connectivity index (χ2n) is 4.07. The van der Waals surface area contributed by atoms with Gasteiger partial charge in [-0.05, 0) is 12.8 Å². The van der Waals surface area contributed by atoms with Crippen LogP contribution in [-0.2, 0) is 6.54 Å². The van der Waals surface area contributed by atoms with Crippen molar-refractivity contribution < 1.29 is 18.7 Å². The lowest BCUT2D eigenvalue weighted by Gasteiger charge is -2.09. The van der Waals surface area contributed by atoms with E-state index in [0.29, 0.717) is 25.1 Å². The number of hydrogen-bond donors (Lipinski definition) is 3. The highest BCUT2D eigenvalue weighted by Crippen LogP contribution is 2.06. The largest absolute Gasteiger partial charge is 0.393 e. The standard InChI is InChI=1S/C11H18F2N4O2/c1-2-9(18)3-4-14-11(19)16-8-5-15-17(6-8)7-10(12)13/h5-6,9-10,18H,2-4,7H2,1H3,(H2,14,16,19). The number of aromatic nitrogens is 2. The molecule has 19 heavy (non-hydrogen) atoms. The summed E-state index contributed by atoms with van der Waals surface area (Å²) in [5.41, 5.74) is 0.342. The van der Waals surface area contributed by atoms with Gasteiger partial charge in [0.15, 0.2) is 0 Å². The first-order valence-electron chi connectivity index (χ1n) is 6.04. The zero-order chi connectivity index (χ0) is 14.3. The second kappa shape index (κ2) is 7.67. The van der Waals surface area contributed by atoms with Crippen LogP contribution in [0.15, 0.2) is 12.4 Å². The van der Waals surface area contributed by atoms with E-state index in [2.05, 4.69) is 15.7 Å². The molecular weight excluding hydrogens is 258 g/mol. The number of nitrogens with zero attached hydrogens (tertiary/aromatic N) is 2. The summed E-state index contributed by atoms with van der Waals surface area (Å²) in [6, 6.07) is -0.458. The predicted octanol–water partition coefficient (Wildman–Crippen LogP) is 1.43. The predicted molar refractivity (Wildman–Crippen MR) is 66.2 cm³/mol. The van der Waals surface area contributed by atoms with Crippen LogP contribution in [0, 0.1) is 0 Å². The van der Waals surface area contributed by atoms with Gasteiger partial charge >= 0.3 is 6.03 Å². The molecule has 3 N–H and O–H groups in total. The fourth-order valence-electron chi connectivity index (χ4n) is 1.40. The number of amides is 2. The number of nitrogens with one attached hydrogen (secondary N) is 2. The average molecular weight is 276 g/mol. The molecule has 1 aromatic rings. The molecule has 0 fully saturated rings. The van der Waals surface area contributed by atoms with E-state index in [-0.39, 0.29) is 0 Å². The number of urea groups is 1. The molecular formula is C11H18F2N4O2. The summed E-state index contributed by atoms with van der Waals surface area (Å²) < 4.78 is 25.2. The lowest BCUT2D eigenvalue weighted by Crippen LogP contribution is -2.31. The van der Waals surface area contributed by atoms with Crippen LogP contribution >= 0.6 is 0 Å². The van der Waals surface area contributed by atoms with Crippen molar-refractivity contribution in [3.05, 3.63) is 12.4 Å². The number of anilines is 1. The Morgan fingerprint density at radius 2 is 2.32 bits per heavy atom. The minimum atomic E-state index is -2.49. The van der Waals surface area contributed by atoms with Crippen molar-refractivity contribution >= 4 is 11.7 Å². The molecule has 0 aliphatic rings. The molecule has 6 nitrogen and oxygen atoms in total. The molecule has 0 aromatic carbocycles. The van der Waals surface area contributed by atoms with Crippen molar-refractivity contribution in [1.82, 2.24) is 15.1 Å². The molecule has 0 saturated heterocycles. The summed E-state index contributed by atoms with van der Waals surface area (Å²) in [5, 5.41) is 18.0. The molecule has 0 aliphatic heterocycles. The van der Waals surface area contributed by atoms with Crippen molar-refractivity contribution in [2.75, 3.05) is 11.9 Å². The molecule has 1 aromatic heterocycles. The SMILES string of the molecule is CCC(O)CCNC(=O)Nc1cnn(CC(F)F)c1. The van der Waals surface area contributed by atoms with Gasteiger partial charge in [-0.2, -0.15) is 5.10 Å². The van der Waals surface area contributed by atoms with Crippen LogP contribution in [-0.4, -0.2) is 40.0 Å². The van der Waals surface area contributed by atoms with Gasteiger partial charge in [-0.1, -0.05) is 6.92 Å². The van der Waals surface area contributed by atoms with Gasteiger partial charge in [-0.25, -0.2) is 13.6 Å². The fraction of sp³-hybridized carbons (Fsp3) is 0.636. The second-order valence-corrected chi connectivity index (χ2v) is 4.07. The first kappa shape index (κ1) is 15.4. The highest BCUT2D eigenvalue weighted by molar-refractivity contribution is 5.88. The number of aliphatic hydroxyl groups is 1. The van der Waals surface area contributed by atoms with Gasteiger partial charge in [0.25, 0.3) is 6.43 Å². The van der Waals surface area contributed by atoms with Crippen molar-refractivity contribution in [1.29, 1.82) is 0 Å². The van der Waals surface area contributed by atoms with Gasteiger partial charge < -0.3 is 15.7 Å². The van der Waals surface area contributed by atoms with Crippen molar-refractivity contribution in [3.63, 3.8) is 0 Å². The fourth-order valence-corrected chi connectivity index (χ4v) is 1.40. The minimum absolute atomic E-state index is 0.339. The molecule has 0 radical (unpaired) electrons. The molecule has 0 saturated carbocycles. The van der Waals surface area contributed by atoms with Crippen LogP contribution < -0.4 is 10.6 Å². The van der Waals surface area contributed by atoms with Crippen LogP contribution in [0.25, 0.3) is 0 Å². The Balaban J connectivity index is 2.30.